The highest BCUT2D eigenvalue weighted by atomic mass is 32.1. The Morgan fingerprint density at radius 2 is 1.93 bits per heavy atom. The van der Waals surface area contributed by atoms with Crippen LogP contribution < -0.4 is 0 Å². The lowest BCUT2D eigenvalue weighted by atomic mass is 10.1. The molecule has 0 aliphatic heterocycles. The maximum atomic E-state index is 4.26. The fourth-order valence-corrected chi connectivity index (χ4v) is 2.30. The van der Waals surface area contributed by atoms with E-state index in [4.69, 9.17) is 0 Å². The summed E-state index contributed by atoms with van der Waals surface area (Å²) in [5.74, 6) is 1.37. The third kappa shape index (κ3) is 1.68. The molecule has 0 radical (unpaired) electrons. The van der Waals surface area contributed by atoms with Crippen LogP contribution in [-0.2, 0) is 0 Å². The molecule has 0 unspecified atom stereocenters. The molecular formula is C11H12N2S. The van der Waals surface area contributed by atoms with Gasteiger partial charge in [0.05, 0.1) is 0 Å². The molecule has 0 saturated heterocycles. The Kier molecular flexibility index (Phi) is 2.59. The van der Waals surface area contributed by atoms with Gasteiger partial charge in [-0.2, -0.15) is 0 Å². The summed E-state index contributed by atoms with van der Waals surface area (Å²) in [7, 11) is 0. The van der Waals surface area contributed by atoms with Crippen molar-refractivity contribution in [1.82, 2.24) is 9.97 Å². The van der Waals surface area contributed by atoms with Crippen LogP contribution in [0.5, 0.6) is 0 Å². The van der Waals surface area contributed by atoms with E-state index in [1.807, 2.05) is 6.07 Å². The van der Waals surface area contributed by atoms with Crippen molar-refractivity contribution in [1.29, 1.82) is 0 Å². The van der Waals surface area contributed by atoms with Crippen LogP contribution in [0.25, 0.3) is 11.4 Å². The summed E-state index contributed by atoms with van der Waals surface area (Å²) >= 11 is 1.77. The molecule has 2 heterocycles. The van der Waals surface area contributed by atoms with Crippen molar-refractivity contribution >= 4 is 11.3 Å². The maximum Gasteiger partial charge on any atom is 0.160 e. The van der Waals surface area contributed by atoms with Crippen LogP contribution in [0, 0.1) is 0 Å². The van der Waals surface area contributed by atoms with Crippen molar-refractivity contribution in [2.24, 2.45) is 0 Å². The van der Waals surface area contributed by atoms with Gasteiger partial charge in [-0.25, -0.2) is 9.97 Å². The van der Waals surface area contributed by atoms with Crippen LogP contribution in [0.2, 0.25) is 0 Å². The first kappa shape index (κ1) is 9.34. The van der Waals surface area contributed by atoms with Gasteiger partial charge in [-0.15, -0.1) is 11.3 Å². The van der Waals surface area contributed by atoms with E-state index >= 15 is 0 Å². The summed E-state index contributed by atoms with van der Waals surface area (Å²) in [6, 6.07) is 3.93. The van der Waals surface area contributed by atoms with Crippen molar-refractivity contribution < 1.29 is 0 Å². The Labute approximate surface area is 87.7 Å². The maximum absolute atomic E-state index is 4.26. The third-order valence-corrected chi connectivity index (χ3v) is 3.24. The normalized spacial score (nSPS) is 10.8. The van der Waals surface area contributed by atoms with Gasteiger partial charge in [0.1, 0.15) is 0 Å². The number of hydrogen-bond acceptors (Lipinski definition) is 3. The molecule has 0 aliphatic carbocycles. The van der Waals surface area contributed by atoms with E-state index in [2.05, 4.69) is 35.3 Å². The lowest BCUT2D eigenvalue weighted by Crippen LogP contribution is -1.90. The number of aromatic nitrogens is 2. The summed E-state index contributed by atoms with van der Waals surface area (Å²) in [6.45, 7) is 4.39. The van der Waals surface area contributed by atoms with Crippen LogP contribution in [0.15, 0.2) is 29.9 Å². The Hall–Kier alpha value is -1.22. The van der Waals surface area contributed by atoms with Gasteiger partial charge in [0.2, 0.25) is 0 Å². The van der Waals surface area contributed by atoms with Gasteiger partial charge in [0.15, 0.2) is 5.82 Å². The highest BCUT2D eigenvalue weighted by molar-refractivity contribution is 7.10. The molecule has 0 saturated carbocycles. The van der Waals surface area contributed by atoms with E-state index in [1.54, 1.807) is 23.7 Å². The van der Waals surface area contributed by atoms with E-state index in [9.17, 15) is 0 Å². The summed E-state index contributed by atoms with van der Waals surface area (Å²) in [6.07, 6.45) is 3.56. The molecular weight excluding hydrogens is 192 g/mol. The van der Waals surface area contributed by atoms with Gasteiger partial charge < -0.3 is 0 Å². The second-order valence-electron chi connectivity index (χ2n) is 3.43. The lowest BCUT2D eigenvalue weighted by molar-refractivity contribution is 0.889. The first-order valence-electron chi connectivity index (χ1n) is 4.64. The third-order valence-electron chi connectivity index (χ3n) is 2.03. The van der Waals surface area contributed by atoms with Crippen molar-refractivity contribution in [2.45, 2.75) is 19.8 Å². The van der Waals surface area contributed by atoms with Crippen molar-refractivity contribution in [3.8, 4) is 11.4 Å². The van der Waals surface area contributed by atoms with E-state index in [-0.39, 0.29) is 0 Å². The fraction of sp³-hybridized carbons (Fsp3) is 0.273. The van der Waals surface area contributed by atoms with Gasteiger partial charge >= 0.3 is 0 Å². The first-order chi connectivity index (χ1) is 6.79. The molecule has 72 valence electrons. The molecule has 0 N–H and O–H groups in total. The minimum absolute atomic E-state index is 0.536. The molecule has 14 heavy (non-hydrogen) atoms. The Bertz CT molecular complexity index is 406. The Balaban J connectivity index is 2.47. The average Bonchev–Trinajstić information content (AvgIpc) is 2.67. The summed E-state index contributed by atoms with van der Waals surface area (Å²) in [5.41, 5.74) is 1.17. The molecule has 0 bridgehead atoms. The number of rotatable bonds is 2. The number of thiophene rings is 1. The minimum atomic E-state index is 0.536. The summed E-state index contributed by atoms with van der Waals surface area (Å²) < 4.78 is 0. The second-order valence-corrected chi connectivity index (χ2v) is 4.37. The Morgan fingerprint density at radius 1 is 1.21 bits per heavy atom. The van der Waals surface area contributed by atoms with E-state index in [0.717, 1.165) is 5.82 Å². The average molecular weight is 204 g/mol. The molecule has 0 spiro atoms. The van der Waals surface area contributed by atoms with Crippen LogP contribution >= 0.6 is 11.3 Å². The fourth-order valence-electron chi connectivity index (χ4n) is 1.39. The van der Waals surface area contributed by atoms with Gasteiger partial charge in [-0.05, 0) is 23.4 Å². The molecule has 0 atom stereocenters. The molecule has 2 rings (SSSR count). The van der Waals surface area contributed by atoms with Crippen molar-refractivity contribution in [3.05, 3.63) is 34.8 Å². The molecule has 2 aromatic heterocycles. The van der Waals surface area contributed by atoms with E-state index in [0.29, 0.717) is 5.92 Å². The van der Waals surface area contributed by atoms with Gasteiger partial charge in [0.25, 0.3) is 0 Å². The molecule has 0 amide bonds. The first-order valence-corrected chi connectivity index (χ1v) is 5.52. The van der Waals surface area contributed by atoms with Crippen LogP contribution in [0.1, 0.15) is 24.6 Å². The van der Waals surface area contributed by atoms with Gasteiger partial charge in [0, 0.05) is 22.8 Å². The molecule has 3 heteroatoms. The highest BCUT2D eigenvalue weighted by Gasteiger charge is 2.11. The SMILES string of the molecule is CC(C)c1sccc1-c1ncccn1. The Morgan fingerprint density at radius 3 is 2.57 bits per heavy atom. The van der Waals surface area contributed by atoms with E-state index < -0.39 is 0 Å². The predicted molar refractivity (Wildman–Crippen MR) is 59.4 cm³/mol. The monoisotopic (exact) mass is 204 g/mol. The van der Waals surface area contributed by atoms with Crippen LogP contribution in [-0.4, -0.2) is 9.97 Å². The lowest BCUT2D eigenvalue weighted by Gasteiger charge is -2.04. The largest absolute Gasteiger partial charge is 0.237 e. The van der Waals surface area contributed by atoms with Crippen molar-refractivity contribution in [3.63, 3.8) is 0 Å². The number of hydrogen-bond donors (Lipinski definition) is 0. The van der Waals surface area contributed by atoms with Crippen LogP contribution in [0.3, 0.4) is 0 Å². The van der Waals surface area contributed by atoms with Crippen LogP contribution in [0.4, 0.5) is 0 Å². The smallest absolute Gasteiger partial charge is 0.160 e. The minimum Gasteiger partial charge on any atom is -0.237 e. The second kappa shape index (κ2) is 3.88. The predicted octanol–water partition coefficient (Wildman–Crippen LogP) is 3.33. The molecule has 0 aromatic carbocycles. The molecule has 2 aromatic rings. The van der Waals surface area contributed by atoms with Gasteiger partial charge in [-0.1, -0.05) is 13.8 Å². The molecule has 2 nitrogen and oxygen atoms in total. The zero-order valence-corrected chi connectivity index (χ0v) is 9.08. The van der Waals surface area contributed by atoms with E-state index in [1.165, 1.54) is 10.4 Å². The quantitative estimate of drug-likeness (QED) is 0.750. The molecule has 0 aliphatic rings. The number of nitrogens with zero attached hydrogens (tertiary/aromatic N) is 2. The molecule has 0 fully saturated rings. The summed E-state index contributed by atoms with van der Waals surface area (Å²) in [5, 5.41) is 2.10. The zero-order valence-electron chi connectivity index (χ0n) is 8.27. The van der Waals surface area contributed by atoms with Crippen molar-refractivity contribution in [2.75, 3.05) is 0 Å². The summed E-state index contributed by atoms with van der Waals surface area (Å²) in [4.78, 5) is 9.88. The topological polar surface area (TPSA) is 25.8 Å². The highest BCUT2D eigenvalue weighted by Crippen LogP contribution is 2.31. The standard InChI is InChI=1S/C11H12N2S/c1-8(2)10-9(4-7-14-10)11-12-5-3-6-13-11/h3-8H,1-2H3. The van der Waals surface area contributed by atoms with Gasteiger partial charge in [-0.3, -0.25) is 0 Å². The zero-order chi connectivity index (χ0) is 9.97.